The first-order valence-electron chi connectivity index (χ1n) is 38.9. The van der Waals surface area contributed by atoms with Crippen LogP contribution in [0.5, 0.6) is 0 Å². The molecular weight excluding hydrogens is 1450 g/mol. The molecule has 0 aliphatic carbocycles. The maximum Gasteiger partial charge on any atom is 0.410 e. The number of hydrogen-bond acceptors (Lipinski definition) is 19. The lowest BCUT2D eigenvalue weighted by atomic mass is 9.89. The SMILES string of the molecule is CCNC(=O)C(C)C(CCCCNC(=O)CC(OC)C(C(C)CC)N(C)C(=O)C(NC(=O)C(C(C)C)N(C)C(=O)OCc1ccc(NC(=O)C(CCCNC(N)=O)NC(=O)C(NC(=O)CCC(=O)N2Cc3ccccc3C#Cc3ccccc32)C(C)C)cc1)C(C)C)OC.OCC1OC(OCc2ccccc2)C(O)C(O)C1O. The van der Waals surface area contributed by atoms with Crippen LogP contribution in [0.15, 0.2) is 103 Å². The van der Waals surface area contributed by atoms with Crippen molar-refractivity contribution in [2.45, 2.75) is 220 Å². The van der Waals surface area contributed by atoms with Crippen molar-refractivity contribution in [1.29, 1.82) is 0 Å². The minimum absolute atomic E-state index is 0.0237. The zero-order chi connectivity index (χ0) is 83.6. The number of unbranched alkanes of at least 4 members (excludes halogenated alkanes) is 1. The van der Waals surface area contributed by atoms with E-state index in [-0.39, 0.29) is 100.0 Å². The molecule has 0 aromatic heterocycles. The maximum atomic E-state index is 14.6. The monoisotopic (exact) mass is 1580 g/mol. The van der Waals surface area contributed by atoms with Crippen molar-refractivity contribution in [2.75, 3.05) is 64.8 Å². The quantitative estimate of drug-likeness (QED) is 0.0192. The van der Waals surface area contributed by atoms with Crippen LogP contribution in [0.25, 0.3) is 0 Å². The average Bonchev–Trinajstić information content (AvgIpc) is 0.822. The predicted molar refractivity (Wildman–Crippen MR) is 425 cm³/mol. The molecule has 4 aromatic rings. The first-order chi connectivity index (χ1) is 53.8. The molecule has 2 heterocycles. The number of fused-ring (bicyclic) bond motifs is 2. The van der Waals surface area contributed by atoms with Crippen LogP contribution < -0.4 is 47.9 Å². The lowest BCUT2D eigenvalue weighted by Gasteiger charge is -2.40. The molecule has 30 nitrogen and oxygen atoms in total. The molecule has 11 amide bonds. The van der Waals surface area contributed by atoms with Gasteiger partial charge in [0.2, 0.25) is 47.3 Å². The lowest BCUT2D eigenvalue weighted by Crippen LogP contribution is -2.60. The van der Waals surface area contributed by atoms with Gasteiger partial charge in [-0.3, -0.25) is 43.3 Å². The molecule has 2 aliphatic rings. The molecule has 14 unspecified atom stereocenters. The van der Waals surface area contributed by atoms with Gasteiger partial charge in [-0.15, -0.1) is 0 Å². The number of nitrogens with zero attached hydrogens (tertiary/aromatic N) is 3. The van der Waals surface area contributed by atoms with Crippen molar-refractivity contribution in [3.63, 3.8) is 0 Å². The number of nitrogens with one attached hydrogen (secondary N) is 7. The Bertz CT molecular complexity index is 3780. The van der Waals surface area contributed by atoms with E-state index in [0.717, 1.165) is 23.1 Å². The van der Waals surface area contributed by atoms with Gasteiger partial charge in [0.25, 0.3) is 0 Å². The van der Waals surface area contributed by atoms with Gasteiger partial charge in [-0.25, -0.2) is 9.59 Å². The molecule has 113 heavy (non-hydrogen) atoms. The summed E-state index contributed by atoms with van der Waals surface area (Å²) in [5.41, 5.74) is 9.98. The van der Waals surface area contributed by atoms with Gasteiger partial charge in [-0.1, -0.05) is 153 Å². The summed E-state index contributed by atoms with van der Waals surface area (Å²) >= 11 is 0. The number of carbonyl (C=O) groups excluding carboxylic acids is 10. The van der Waals surface area contributed by atoms with E-state index in [9.17, 15) is 63.3 Å². The average molecular weight is 1580 g/mol. The summed E-state index contributed by atoms with van der Waals surface area (Å²) in [7, 11) is 6.17. The second-order valence-corrected chi connectivity index (χ2v) is 29.6. The number of likely N-dealkylation sites (N-methyl/N-ethyl adjacent to an activating group) is 2. The molecule has 2 aliphatic heterocycles. The summed E-state index contributed by atoms with van der Waals surface area (Å²) in [5.74, 6) is 1.29. The number of anilines is 2. The Kier molecular flexibility index (Phi) is 39.8. The Balaban J connectivity index is 0.00000104. The summed E-state index contributed by atoms with van der Waals surface area (Å²) in [6.45, 7) is 19.1. The van der Waals surface area contributed by atoms with Crippen molar-refractivity contribution in [2.24, 2.45) is 35.3 Å². The van der Waals surface area contributed by atoms with Gasteiger partial charge in [-0.2, -0.15) is 0 Å². The highest BCUT2D eigenvalue weighted by atomic mass is 16.7. The van der Waals surface area contributed by atoms with Crippen molar-refractivity contribution >= 4 is 70.8 Å². The maximum absolute atomic E-state index is 14.6. The zero-order valence-corrected chi connectivity index (χ0v) is 67.8. The second kappa shape index (κ2) is 47.8. The van der Waals surface area contributed by atoms with Gasteiger partial charge in [0.05, 0.1) is 56.0 Å². The fourth-order valence-electron chi connectivity index (χ4n) is 13.3. The molecule has 0 radical (unpaired) electrons. The van der Waals surface area contributed by atoms with E-state index in [1.165, 1.54) is 19.1 Å². The highest BCUT2D eigenvalue weighted by Crippen LogP contribution is 2.29. The number of ether oxygens (including phenoxy) is 5. The van der Waals surface area contributed by atoms with Crippen LogP contribution in [0, 0.1) is 41.4 Å². The van der Waals surface area contributed by atoms with Gasteiger partial charge in [0.1, 0.15) is 55.2 Å². The van der Waals surface area contributed by atoms with E-state index in [0.29, 0.717) is 54.9 Å². The van der Waals surface area contributed by atoms with E-state index >= 15 is 0 Å². The standard InChI is InChI=1S/C70H103N11O13.C13H18O6/c1-15-46(9)63(56(93-14)40-58(83)73-38-22-21-29-55(92-13)47(10)64(85)72-16-2)79(11)68(89)61(44(5)6)78-67(88)62(45(7)8)80(12)70(91)94-42-48-30-34-52(35-31-48)75-65(86)53(27-23-39-74-69(71)90)76-66(87)60(43(3)4)77-57(82)36-37-59(84)81-41-51-26-18-17-24-49(51)32-33-50-25-19-20-28-54(50)81;14-6-9-10(15)11(16)12(17)13(19-9)18-7-8-4-2-1-3-5-8/h17-20,24-26,28,30-31,34-35,43-47,53,55-56,60-63H,15-16,21-23,27,29,36-42H2,1-14H3,(H,72,85)(H,73,83)(H,75,86)(H,76,87)(H,77,82)(H,78,88)(H3,71,74,90);1-5,9-17H,6-7H2. The summed E-state index contributed by atoms with van der Waals surface area (Å²) in [5, 5.41) is 57.6. The predicted octanol–water partition coefficient (Wildman–Crippen LogP) is 5.51. The first-order valence-corrected chi connectivity index (χ1v) is 38.9. The lowest BCUT2D eigenvalue weighted by molar-refractivity contribution is -0.304. The number of primary amides is 1. The number of carbonyl (C=O) groups is 10. The molecule has 622 valence electrons. The van der Waals surface area contributed by atoms with E-state index < -0.39 is 127 Å². The smallest absolute Gasteiger partial charge is 0.410 e. The summed E-state index contributed by atoms with van der Waals surface area (Å²) in [6.07, 6.45) is -5.34. The molecule has 6 rings (SSSR count). The van der Waals surface area contributed by atoms with E-state index in [2.05, 4.69) is 49.1 Å². The van der Waals surface area contributed by atoms with E-state index in [1.807, 2.05) is 120 Å². The van der Waals surface area contributed by atoms with Crippen LogP contribution in [0.3, 0.4) is 0 Å². The molecule has 14 atom stereocenters. The number of aliphatic hydroxyl groups is 4. The third kappa shape index (κ3) is 29.1. The van der Waals surface area contributed by atoms with Crippen molar-refractivity contribution in [3.8, 4) is 11.8 Å². The number of rotatable bonds is 41. The van der Waals surface area contributed by atoms with Gasteiger partial charge in [0, 0.05) is 77.6 Å². The Morgan fingerprint density at radius 2 is 1.23 bits per heavy atom. The number of methoxy groups -OCH3 is 2. The number of nitrogens with two attached hydrogens (primary N) is 1. The number of hydrogen-bond donors (Lipinski definition) is 12. The Hall–Kier alpha value is -9.58. The fraction of sp³-hybridized carbons (Fsp3) is 0.566. The number of benzene rings is 4. The number of amides is 11. The molecule has 30 heteroatoms. The Morgan fingerprint density at radius 1 is 0.611 bits per heavy atom. The zero-order valence-electron chi connectivity index (χ0n) is 67.8. The summed E-state index contributed by atoms with van der Waals surface area (Å²) in [4.78, 5) is 140. The van der Waals surface area contributed by atoms with Crippen molar-refractivity contribution in [1.82, 2.24) is 41.7 Å². The van der Waals surface area contributed by atoms with Gasteiger partial charge < -0.3 is 96.9 Å². The highest BCUT2D eigenvalue weighted by Gasteiger charge is 2.45. The normalized spacial score (nSPS) is 18.1. The topological polar surface area (TPSA) is 418 Å². The van der Waals surface area contributed by atoms with Crippen LogP contribution in [0.4, 0.5) is 21.0 Å². The molecule has 0 saturated carbocycles. The van der Waals surface area contributed by atoms with Crippen LogP contribution in [-0.2, 0) is 81.8 Å². The van der Waals surface area contributed by atoms with Crippen LogP contribution in [-0.4, -0.2) is 217 Å². The van der Waals surface area contributed by atoms with Gasteiger partial charge in [-0.05, 0) is 110 Å². The minimum Gasteiger partial charge on any atom is -0.445 e. The van der Waals surface area contributed by atoms with E-state index in [4.69, 9.17) is 34.5 Å². The van der Waals surface area contributed by atoms with E-state index in [1.54, 1.807) is 75.9 Å². The molecule has 13 N–H and O–H groups in total. The van der Waals surface area contributed by atoms with Gasteiger partial charge >= 0.3 is 12.1 Å². The van der Waals surface area contributed by atoms with Crippen LogP contribution in [0.2, 0.25) is 0 Å². The number of aliphatic hydroxyl groups excluding tert-OH is 4. The first kappa shape index (κ1) is 94.0. The Morgan fingerprint density at radius 3 is 1.85 bits per heavy atom. The third-order valence-electron chi connectivity index (χ3n) is 20.1. The summed E-state index contributed by atoms with van der Waals surface area (Å²) in [6, 6.07) is 24.9. The van der Waals surface area contributed by atoms with Crippen molar-refractivity contribution < 1.29 is 92.1 Å². The highest BCUT2D eigenvalue weighted by molar-refractivity contribution is 6.00. The summed E-state index contributed by atoms with van der Waals surface area (Å²) < 4.78 is 27.8. The number of para-hydroxylation sites is 1. The second-order valence-electron chi connectivity index (χ2n) is 29.6. The third-order valence-corrected chi connectivity index (χ3v) is 20.1. The molecule has 1 saturated heterocycles. The molecule has 0 spiro atoms. The van der Waals surface area contributed by atoms with Crippen LogP contribution in [0.1, 0.15) is 155 Å². The molecule has 4 aromatic carbocycles. The molecule has 0 bridgehead atoms. The van der Waals surface area contributed by atoms with Crippen LogP contribution >= 0.6 is 0 Å². The molecule has 1 fully saturated rings. The Labute approximate surface area is 664 Å². The van der Waals surface area contributed by atoms with Crippen molar-refractivity contribution in [3.05, 3.63) is 131 Å². The molecular formula is C83H121N11O19. The minimum atomic E-state index is -1.41. The van der Waals surface area contributed by atoms with Gasteiger partial charge in [0.15, 0.2) is 6.29 Å². The number of urea groups is 1. The fourth-order valence-corrected chi connectivity index (χ4v) is 13.3. The largest absolute Gasteiger partial charge is 0.445 e.